The van der Waals surface area contributed by atoms with Gasteiger partial charge in [-0.15, -0.1) is 12.4 Å². The van der Waals surface area contributed by atoms with Crippen molar-refractivity contribution in [1.82, 2.24) is 5.32 Å². The summed E-state index contributed by atoms with van der Waals surface area (Å²) in [5.74, 6) is 0. The Hall–Kier alpha value is -0.0500. The summed E-state index contributed by atoms with van der Waals surface area (Å²) in [6, 6.07) is 8.72. The molecule has 1 aliphatic rings. The van der Waals surface area contributed by atoms with Crippen LogP contribution in [0.15, 0.2) is 28.7 Å². The van der Waals surface area contributed by atoms with Crippen molar-refractivity contribution >= 4 is 28.3 Å². The maximum atomic E-state index is 3.46. The molecule has 0 aromatic heterocycles. The van der Waals surface area contributed by atoms with Gasteiger partial charge in [-0.3, -0.25) is 0 Å². The number of halogens is 2. The molecule has 0 heterocycles. The number of hydrogen-bond acceptors (Lipinski definition) is 1. The summed E-state index contributed by atoms with van der Waals surface area (Å²) in [4.78, 5) is 0. The van der Waals surface area contributed by atoms with E-state index >= 15 is 0 Å². The van der Waals surface area contributed by atoms with E-state index in [1.54, 1.807) is 0 Å². The number of nitrogens with one attached hydrogen (secondary N) is 1. The van der Waals surface area contributed by atoms with Gasteiger partial charge in [-0.2, -0.15) is 0 Å². The van der Waals surface area contributed by atoms with Crippen molar-refractivity contribution < 1.29 is 0 Å². The van der Waals surface area contributed by atoms with E-state index < -0.39 is 0 Å². The molecule has 1 N–H and O–H groups in total. The van der Waals surface area contributed by atoms with Crippen molar-refractivity contribution in [1.29, 1.82) is 0 Å². The van der Waals surface area contributed by atoms with Crippen LogP contribution in [0.5, 0.6) is 0 Å². The smallest absolute Gasteiger partial charge is 0.0175 e. The molecule has 14 heavy (non-hydrogen) atoms. The highest BCUT2D eigenvalue weighted by molar-refractivity contribution is 9.10. The molecular weight excluding hydrogens is 261 g/mol. The molecule has 78 valence electrons. The molecule has 0 spiro atoms. The van der Waals surface area contributed by atoms with Crippen molar-refractivity contribution in [2.45, 2.75) is 18.3 Å². The zero-order valence-electron chi connectivity index (χ0n) is 8.22. The summed E-state index contributed by atoms with van der Waals surface area (Å²) < 4.78 is 1.16. The van der Waals surface area contributed by atoms with Crippen LogP contribution < -0.4 is 5.32 Å². The summed E-state index contributed by atoms with van der Waals surface area (Å²) in [5, 5.41) is 3.27. The van der Waals surface area contributed by atoms with Crippen molar-refractivity contribution in [3.63, 3.8) is 0 Å². The van der Waals surface area contributed by atoms with Crippen LogP contribution in [0.3, 0.4) is 0 Å². The highest BCUT2D eigenvalue weighted by Gasteiger charge is 2.43. The molecule has 1 saturated carbocycles. The molecule has 3 heteroatoms. The Morgan fingerprint density at radius 2 is 1.86 bits per heavy atom. The predicted octanol–water partition coefficient (Wildman–Crippen LogP) is 3.12. The van der Waals surface area contributed by atoms with E-state index in [-0.39, 0.29) is 12.4 Å². The standard InChI is InChI=1S/C11H14BrN.ClH/c1-13-8-11(6-7-11)9-2-4-10(12)5-3-9;/h2-5,13H,6-8H2,1H3;1H. The number of hydrogen-bond donors (Lipinski definition) is 1. The van der Waals surface area contributed by atoms with Gasteiger partial charge in [0.05, 0.1) is 0 Å². The van der Waals surface area contributed by atoms with E-state index in [1.165, 1.54) is 18.4 Å². The van der Waals surface area contributed by atoms with Crippen LogP contribution in [0.25, 0.3) is 0 Å². The van der Waals surface area contributed by atoms with E-state index in [0.29, 0.717) is 5.41 Å². The Labute approximate surface area is 99.8 Å². The van der Waals surface area contributed by atoms with Crippen molar-refractivity contribution in [2.24, 2.45) is 0 Å². The first-order valence-corrected chi connectivity index (χ1v) is 5.47. The molecule has 0 radical (unpaired) electrons. The Balaban J connectivity index is 0.000000980. The molecule has 1 aromatic carbocycles. The second-order valence-electron chi connectivity index (χ2n) is 3.82. The van der Waals surface area contributed by atoms with E-state index in [2.05, 4.69) is 45.5 Å². The molecule has 0 aliphatic heterocycles. The van der Waals surface area contributed by atoms with Gasteiger partial charge < -0.3 is 5.32 Å². The first kappa shape index (κ1) is 12.0. The van der Waals surface area contributed by atoms with E-state index in [4.69, 9.17) is 0 Å². The average molecular weight is 277 g/mol. The fourth-order valence-corrected chi connectivity index (χ4v) is 2.12. The fraction of sp³-hybridized carbons (Fsp3) is 0.455. The summed E-state index contributed by atoms with van der Waals surface area (Å²) >= 11 is 3.46. The maximum absolute atomic E-state index is 3.46. The van der Waals surface area contributed by atoms with Gasteiger partial charge >= 0.3 is 0 Å². The SMILES string of the molecule is CNCC1(c2ccc(Br)cc2)CC1.Cl. The van der Waals surface area contributed by atoms with Gasteiger partial charge in [0.15, 0.2) is 0 Å². The first-order valence-electron chi connectivity index (χ1n) is 4.67. The van der Waals surface area contributed by atoms with Crippen LogP contribution in [-0.2, 0) is 5.41 Å². The molecule has 0 bridgehead atoms. The van der Waals surface area contributed by atoms with Gasteiger partial charge in [0, 0.05) is 16.4 Å². The van der Waals surface area contributed by atoms with Crippen LogP contribution in [0, 0.1) is 0 Å². The molecule has 0 atom stereocenters. The highest BCUT2D eigenvalue weighted by atomic mass is 79.9. The monoisotopic (exact) mass is 275 g/mol. The molecule has 1 fully saturated rings. The van der Waals surface area contributed by atoms with Crippen LogP contribution in [0.4, 0.5) is 0 Å². The third-order valence-electron chi connectivity index (χ3n) is 2.83. The highest BCUT2D eigenvalue weighted by Crippen LogP contribution is 2.47. The zero-order valence-corrected chi connectivity index (χ0v) is 10.6. The minimum absolute atomic E-state index is 0. The van der Waals surface area contributed by atoms with Gasteiger partial charge in [-0.25, -0.2) is 0 Å². The van der Waals surface area contributed by atoms with Crippen molar-refractivity contribution in [3.8, 4) is 0 Å². The summed E-state index contributed by atoms with van der Waals surface area (Å²) in [7, 11) is 2.03. The van der Waals surface area contributed by atoms with E-state index in [1.807, 2.05) is 7.05 Å². The third-order valence-corrected chi connectivity index (χ3v) is 3.35. The largest absolute Gasteiger partial charge is 0.319 e. The van der Waals surface area contributed by atoms with E-state index in [9.17, 15) is 0 Å². The van der Waals surface area contributed by atoms with E-state index in [0.717, 1.165) is 11.0 Å². The number of likely N-dealkylation sites (N-methyl/N-ethyl adjacent to an activating group) is 1. The molecule has 2 rings (SSSR count). The minimum Gasteiger partial charge on any atom is -0.319 e. The average Bonchev–Trinajstić information content (AvgIpc) is 2.87. The quantitative estimate of drug-likeness (QED) is 0.894. The lowest BCUT2D eigenvalue weighted by molar-refractivity contribution is 0.624. The second-order valence-corrected chi connectivity index (χ2v) is 4.73. The van der Waals surface area contributed by atoms with Crippen LogP contribution in [0.1, 0.15) is 18.4 Å². The van der Waals surface area contributed by atoms with Gasteiger partial charge in [-0.05, 0) is 37.6 Å². The Morgan fingerprint density at radius 1 is 1.29 bits per heavy atom. The normalized spacial score (nSPS) is 17.3. The number of rotatable bonds is 3. The summed E-state index contributed by atoms with van der Waals surface area (Å²) in [5.41, 5.74) is 1.93. The summed E-state index contributed by atoms with van der Waals surface area (Å²) in [6.45, 7) is 1.11. The molecular formula is C11H15BrClN. The molecule has 0 saturated heterocycles. The molecule has 1 aliphatic carbocycles. The van der Waals surface area contributed by atoms with Crippen LogP contribution >= 0.6 is 28.3 Å². The lowest BCUT2D eigenvalue weighted by atomic mass is 9.96. The van der Waals surface area contributed by atoms with Gasteiger partial charge in [0.2, 0.25) is 0 Å². The van der Waals surface area contributed by atoms with Crippen LogP contribution in [0.2, 0.25) is 0 Å². The lowest BCUT2D eigenvalue weighted by Crippen LogP contribution is -2.23. The second kappa shape index (κ2) is 4.65. The molecule has 0 amide bonds. The minimum atomic E-state index is 0. The van der Waals surface area contributed by atoms with Gasteiger partial charge in [0.1, 0.15) is 0 Å². The van der Waals surface area contributed by atoms with Crippen LogP contribution in [-0.4, -0.2) is 13.6 Å². The van der Waals surface area contributed by atoms with Gasteiger partial charge in [0.25, 0.3) is 0 Å². The molecule has 1 aromatic rings. The summed E-state index contributed by atoms with van der Waals surface area (Å²) in [6.07, 6.45) is 2.66. The molecule has 0 unspecified atom stereocenters. The topological polar surface area (TPSA) is 12.0 Å². The predicted molar refractivity (Wildman–Crippen MR) is 66.2 cm³/mol. The zero-order chi connectivity index (χ0) is 9.31. The fourth-order valence-electron chi connectivity index (χ4n) is 1.86. The van der Waals surface area contributed by atoms with Crippen molar-refractivity contribution in [3.05, 3.63) is 34.3 Å². The Morgan fingerprint density at radius 3 is 2.29 bits per heavy atom. The molecule has 1 nitrogen and oxygen atoms in total. The first-order chi connectivity index (χ1) is 6.27. The third kappa shape index (κ3) is 2.30. The van der Waals surface area contributed by atoms with Gasteiger partial charge in [-0.1, -0.05) is 28.1 Å². The lowest BCUT2D eigenvalue weighted by Gasteiger charge is -2.14. The Bertz CT molecular complexity index is 293. The van der Waals surface area contributed by atoms with Crippen molar-refractivity contribution in [2.75, 3.05) is 13.6 Å². The Kier molecular flexibility index (Phi) is 3.99. The maximum Gasteiger partial charge on any atom is 0.0175 e. The number of benzene rings is 1.